The van der Waals surface area contributed by atoms with Crippen molar-refractivity contribution in [2.45, 2.75) is 57.8 Å². The molecule has 128 valence electrons. The van der Waals surface area contributed by atoms with Crippen molar-refractivity contribution in [2.75, 3.05) is 13.6 Å². The van der Waals surface area contributed by atoms with Crippen LogP contribution in [0.3, 0.4) is 0 Å². The zero-order valence-corrected chi connectivity index (χ0v) is 15.6. The predicted molar refractivity (Wildman–Crippen MR) is 105 cm³/mol. The van der Waals surface area contributed by atoms with Crippen LogP contribution in [0.5, 0.6) is 0 Å². The van der Waals surface area contributed by atoms with E-state index in [4.69, 9.17) is 0 Å². The highest BCUT2D eigenvalue weighted by molar-refractivity contribution is 5.58. The summed E-state index contributed by atoms with van der Waals surface area (Å²) < 4.78 is 0. The number of hydrogen-bond acceptors (Lipinski definition) is 1. The quantitative estimate of drug-likeness (QED) is 0.613. The van der Waals surface area contributed by atoms with Gasteiger partial charge in [-0.3, -0.25) is 0 Å². The van der Waals surface area contributed by atoms with Crippen molar-refractivity contribution in [3.05, 3.63) is 64.9 Å². The molecule has 1 fully saturated rings. The number of fused-ring (bicyclic) bond motifs is 1. The van der Waals surface area contributed by atoms with Gasteiger partial charge in [-0.05, 0) is 61.8 Å². The van der Waals surface area contributed by atoms with E-state index in [-0.39, 0.29) is 0 Å². The second-order valence-electron chi connectivity index (χ2n) is 7.85. The van der Waals surface area contributed by atoms with Crippen molar-refractivity contribution in [3.8, 4) is 0 Å². The minimum Gasteiger partial charge on any atom is -0.379 e. The van der Waals surface area contributed by atoms with E-state index in [0.717, 1.165) is 12.1 Å². The molecule has 0 unspecified atom stereocenters. The molecule has 0 amide bonds. The third-order valence-electron chi connectivity index (χ3n) is 5.84. The maximum atomic E-state index is 4.06. The first-order valence-electron chi connectivity index (χ1n) is 9.35. The van der Waals surface area contributed by atoms with Crippen molar-refractivity contribution in [3.63, 3.8) is 0 Å². The summed E-state index contributed by atoms with van der Waals surface area (Å²) in [5, 5.41) is 0. The van der Waals surface area contributed by atoms with Crippen LogP contribution in [0.15, 0.2) is 48.2 Å². The first-order valence-corrected chi connectivity index (χ1v) is 9.35. The lowest BCUT2D eigenvalue weighted by atomic mass is 9.77. The fourth-order valence-electron chi connectivity index (χ4n) is 4.31. The minimum absolute atomic E-state index is 0.306. The molecule has 1 heteroatoms. The van der Waals surface area contributed by atoms with Gasteiger partial charge in [0, 0.05) is 25.2 Å². The molecule has 0 N–H and O–H groups in total. The van der Waals surface area contributed by atoms with Crippen LogP contribution in [0, 0.1) is 0 Å². The molecule has 1 aromatic carbocycles. The van der Waals surface area contributed by atoms with E-state index in [1.165, 1.54) is 55.2 Å². The summed E-state index contributed by atoms with van der Waals surface area (Å²) in [6.07, 6.45) is 14.6. The Hall–Kier alpha value is -1.76. The summed E-state index contributed by atoms with van der Waals surface area (Å²) in [5.41, 5.74) is 7.24. The zero-order chi connectivity index (χ0) is 17.2. The largest absolute Gasteiger partial charge is 0.379 e. The first kappa shape index (κ1) is 17.1. The lowest BCUT2D eigenvalue weighted by molar-refractivity contribution is 0.306. The van der Waals surface area contributed by atoms with Gasteiger partial charge in [-0.25, -0.2) is 0 Å². The molecule has 0 aromatic heterocycles. The van der Waals surface area contributed by atoms with Gasteiger partial charge in [0.2, 0.25) is 0 Å². The van der Waals surface area contributed by atoms with Crippen molar-refractivity contribution < 1.29 is 0 Å². The summed E-state index contributed by atoms with van der Waals surface area (Å²) in [4.78, 5) is 2.38. The van der Waals surface area contributed by atoms with E-state index in [1.807, 2.05) is 0 Å². The third-order valence-corrected chi connectivity index (χ3v) is 5.84. The Balaban J connectivity index is 1.88. The molecule has 1 aromatic rings. The van der Waals surface area contributed by atoms with E-state index in [9.17, 15) is 0 Å². The van der Waals surface area contributed by atoms with Crippen LogP contribution in [0.1, 0.15) is 62.6 Å². The molecule has 0 saturated heterocycles. The van der Waals surface area contributed by atoms with Crippen LogP contribution in [0.4, 0.5) is 0 Å². The Morgan fingerprint density at radius 2 is 2.00 bits per heavy atom. The highest BCUT2D eigenvalue weighted by Gasteiger charge is 2.36. The van der Waals surface area contributed by atoms with Crippen LogP contribution in [-0.2, 0) is 11.8 Å². The molecule has 0 bridgehead atoms. The second kappa shape index (κ2) is 7.01. The fourth-order valence-corrected chi connectivity index (χ4v) is 4.31. The first-order chi connectivity index (χ1) is 11.5. The number of aryl methyl sites for hydroxylation is 1. The highest BCUT2D eigenvalue weighted by Crippen LogP contribution is 2.42. The second-order valence-corrected chi connectivity index (χ2v) is 7.85. The Bertz CT molecular complexity index is 671. The minimum atomic E-state index is 0.306. The number of rotatable bonds is 5. The molecule has 1 saturated carbocycles. The highest BCUT2D eigenvalue weighted by atomic mass is 15.1. The van der Waals surface area contributed by atoms with Crippen LogP contribution in [0.25, 0.3) is 6.08 Å². The number of hydrogen-bond donors (Lipinski definition) is 0. The summed E-state index contributed by atoms with van der Waals surface area (Å²) in [6.45, 7) is 9.40. The Labute approximate surface area is 147 Å². The van der Waals surface area contributed by atoms with Crippen LogP contribution in [-0.4, -0.2) is 18.5 Å². The van der Waals surface area contributed by atoms with Gasteiger partial charge < -0.3 is 4.90 Å². The van der Waals surface area contributed by atoms with Crippen molar-refractivity contribution >= 4 is 6.08 Å². The van der Waals surface area contributed by atoms with Crippen molar-refractivity contribution in [1.29, 1.82) is 0 Å². The Kier molecular flexibility index (Phi) is 4.99. The normalized spacial score (nSPS) is 19.2. The molecule has 0 heterocycles. The van der Waals surface area contributed by atoms with Gasteiger partial charge in [-0.15, -0.1) is 0 Å². The average Bonchev–Trinajstić information content (AvgIpc) is 3.03. The Morgan fingerprint density at radius 1 is 1.25 bits per heavy atom. The van der Waals surface area contributed by atoms with Gasteiger partial charge in [-0.1, -0.05) is 55.3 Å². The lowest BCUT2D eigenvalue weighted by Gasteiger charge is -2.35. The van der Waals surface area contributed by atoms with Gasteiger partial charge >= 0.3 is 0 Å². The van der Waals surface area contributed by atoms with Gasteiger partial charge in [0.15, 0.2) is 0 Å². The predicted octanol–water partition coefficient (Wildman–Crippen LogP) is 5.87. The summed E-state index contributed by atoms with van der Waals surface area (Å²) in [6, 6.07) is 7.26. The molecule has 3 rings (SSSR count). The molecule has 24 heavy (non-hydrogen) atoms. The number of allylic oxidation sites excluding steroid dienone is 3. The number of likely N-dealkylation sites (N-methyl/N-ethyl adjacent to an activating group) is 1. The summed E-state index contributed by atoms with van der Waals surface area (Å²) in [7, 11) is 2.21. The molecule has 0 aliphatic heterocycles. The maximum absolute atomic E-state index is 4.06. The Morgan fingerprint density at radius 3 is 2.71 bits per heavy atom. The molecule has 0 spiro atoms. The van der Waals surface area contributed by atoms with Gasteiger partial charge in [0.05, 0.1) is 0 Å². The molecule has 1 nitrogen and oxygen atoms in total. The smallest absolute Gasteiger partial charge is 0.0266 e. The summed E-state index contributed by atoms with van der Waals surface area (Å²) >= 11 is 0. The van der Waals surface area contributed by atoms with E-state index in [2.05, 4.69) is 68.9 Å². The fraction of sp³-hybridized carbons (Fsp3) is 0.478. The SMILES string of the molecule is C=C(C)/C(C)=C\N(C)CC1(c2ccc3c(c2)C=CCC3)CCCC1. The molecule has 0 radical (unpaired) electrons. The van der Waals surface area contributed by atoms with E-state index < -0.39 is 0 Å². The average molecular weight is 322 g/mol. The van der Waals surface area contributed by atoms with Gasteiger partial charge in [0.1, 0.15) is 0 Å². The van der Waals surface area contributed by atoms with Crippen LogP contribution < -0.4 is 0 Å². The topological polar surface area (TPSA) is 3.24 Å². The molecular formula is C23H31N. The monoisotopic (exact) mass is 321 g/mol. The van der Waals surface area contributed by atoms with Gasteiger partial charge in [0.25, 0.3) is 0 Å². The van der Waals surface area contributed by atoms with Crippen LogP contribution in [0.2, 0.25) is 0 Å². The van der Waals surface area contributed by atoms with Gasteiger partial charge in [-0.2, -0.15) is 0 Å². The molecule has 2 aliphatic rings. The third kappa shape index (κ3) is 3.50. The lowest BCUT2D eigenvalue weighted by Crippen LogP contribution is -2.35. The van der Waals surface area contributed by atoms with E-state index >= 15 is 0 Å². The van der Waals surface area contributed by atoms with Crippen molar-refractivity contribution in [1.82, 2.24) is 4.90 Å². The molecule has 0 atom stereocenters. The van der Waals surface area contributed by atoms with E-state index in [1.54, 1.807) is 5.56 Å². The number of nitrogens with zero attached hydrogens (tertiary/aromatic N) is 1. The standard InChI is InChI=1S/C23H31N/c1-18(2)19(3)16-24(4)17-23(13-7-8-14-23)22-12-11-20-9-5-6-10-21(20)15-22/h6,10-12,15-16H,1,5,7-9,13-14,17H2,2-4H3/b19-16-. The maximum Gasteiger partial charge on any atom is 0.0266 e. The van der Waals surface area contributed by atoms with Crippen LogP contribution >= 0.6 is 0 Å². The van der Waals surface area contributed by atoms with Crippen molar-refractivity contribution in [2.24, 2.45) is 0 Å². The summed E-state index contributed by atoms with van der Waals surface area (Å²) in [5.74, 6) is 0. The molecular weight excluding hydrogens is 290 g/mol. The number of benzene rings is 1. The molecule has 2 aliphatic carbocycles. The zero-order valence-electron chi connectivity index (χ0n) is 15.6. The van der Waals surface area contributed by atoms with E-state index in [0.29, 0.717) is 5.41 Å².